The smallest absolute Gasteiger partial charge is 0.244 e. The van der Waals surface area contributed by atoms with Crippen molar-refractivity contribution >= 4 is 23.2 Å². The topological polar surface area (TPSA) is 91.6 Å². The molecule has 0 bridgehead atoms. The standard InChI is InChI=1S/C17H19N5O3/c1-11-18-17(25-20-11)12-6-7-21(8-12)10-16(24)22-9-15(23)19-13-4-2-3-5-14(13)22/h2-5,12H,6-10H2,1H3,(H,19,23)/t12-/m1/s1. The lowest BCUT2D eigenvalue weighted by molar-refractivity contribution is -0.122. The van der Waals surface area contributed by atoms with E-state index in [-0.39, 0.29) is 30.8 Å². The molecule has 0 saturated carbocycles. The molecule has 130 valence electrons. The monoisotopic (exact) mass is 341 g/mol. The predicted molar refractivity (Wildman–Crippen MR) is 90.3 cm³/mol. The first kappa shape index (κ1) is 15.8. The number of hydrogen-bond donors (Lipinski definition) is 1. The third kappa shape index (κ3) is 3.12. The fourth-order valence-electron chi connectivity index (χ4n) is 3.39. The van der Waals surface area contributed by atoms with Gasteiger partial charge in [-0.05, 0) is 32.0 Å². The van der Waals surface area contributed by atoms with E-state index in [1.807, 2.05) is 18.2 Å². The molecule has 2 aliphatic rings. The molecule has 25 heavy (non-hydrogen) atoms. The third-order valence-corrected chi connectivity index (χ3v) is 4.60. The summed E-state index contributed by atoms with van der Waals surface area (Å²) >= 11 is 0. The van der Waals surface area contributed by atoms with Gasteiger partial charge < -0.3 is 9.84 Å². The van der Waals surface area contributed by atoms with Crippen LogP contribution in [0.3, 0.4) is 0 Å². The molecule has 1 N–H and O–H groups in total. The van der Waals surface area contributed by atoms with E-state index in [9.17, 15) is 9.59 Å². The molecule has 0 radical (unpaired) electrons. The second kappa shape index (κ2) is 6.29. The van der Waals surface area contributed by atoms with Crippen molar-refractivity contribution in [3.63, 3.8) is 0 Å². The van der Waals surface area contributed by atoms with Crippen molar-refractivity contribution in [3.8, 4) is 0 Å². The molecule has 1 aromatic carbocycles. The first-order chi connectivity index (χ1) is 12.1. The zero-order valence-corrected chi connectivity index (χ0v) is 13.9. The third-order valence-electron chi connectivity index (χ3n) is 4.60. The van der Waals surface area contributed by atoms with Gasteiger partial charge in [-0.3, -0.25) is 19.4 Å². The number of anilines is 2. The Morgan fingerprint density at radius 3 is 3.04 bits per heavy atom. The number of amides is 2. The first-order valence-corrected chi connectivity index (χ1v) is 8.32. The molecule has 1 atom stereocenters. The van der Waals surface area contributed by atoms with Gasteiger partial charge in [0.2, 0.25) is 17.7 Å². The number of nitrogens with zero attached hydrogens (tertiary/aromatic N) is 4. The number of aromatic nitrogens is 2. The molecule has 0 aliphatic carbocycles. The Hall–Kier alpha value is -2.74. The van der Waals surface area contributed by atoms with Crippen LogP contribution in [-0.2, 0) is 9.59 Å². The number of hydrogen-bond acceptors (Lipinski definition) is 6. The van der Waals surface area contributed by atoms with Gasteiger partial charge in [-0.2, -0.15) is 4.98 Å². The van der Waals surface area contributed by atoms with Crippen molar-refractivity contribution in [2.75, 3.05) is 36.4 Å². The number of likely N-dealkylation sites (tertiary alicyclic amines) is 1. The van der Waals surface area contributed by atoms with E-state index in [2.05, 4.69) is 20.4 Å². The normalized spacial score (nSPS) is 20.4. The minimum atomic E-state index is -0.173. The summed E-state index contributed by atoms with van der Waals surface area (Å²) < 4.78 is 5.24. The van der Waals surface area contributed by atoms with Crippen molar-refractivity contribution in [3.05, 3.63) is 36.0 Å². The van der Waals surface area contributed by atoms with Crippen molar-refractivity contribution in [1.29, 1.82) is 0 Å². The number of fused-ring (bicyclic) bond motifs is 1. The second-order valence-corrected chi connectivity index (χ2v) is 6.45. The molecule has 0 unspecified atom stereocenters. The van der Waals surface area contributed by atoms with Crippen molar-refractivity contribution in [2.24, 2.45) is 0 Å². The average Bonchev–Trinajstić information content (AvgIpc) is 3.23. The Morgan fingerprint density at radius 2 is 2.24 bits per heavy atom. The number of carbonyl (C=O) groups excluding carboxylic acids is 2. The summed E-state index contributed by atoms with van der Waals surface area (Å²) in [5.41, 5.74) is 1.42. The fourth-order valence-corrected chi connectivity index (χ4v) is 3.39. The largest absolute Gasteiger partial charge is 0.339 e. The number of nitrogens with one attached hydrogen (secondary N) is 1. The Morgan fingerprint density at radius 1 is 1.40 bits per heavy atom. The highest BCUT2D eigenvalue weighted by Gasteiger charge is 2.32. The van der Waals surface area contributed by atoms with Gasteiger partial charge in [-0.1, -0.05) is 17.3 Å². The summed E-state index contributed by atoms with van der Waals surface area (Å²) in [5.74, 6) is 1.17. The maximum absolute atomic E-state index is 12.8. The quantitative estimate of drug-likeness (QED) is 0.900. The molecular formula is C17H19N5O3. The number of para-hydroxylation sites is 2. The van der Waals surface area contributed by atoms with Crippen LogP contribution in [0.15, 0.2) is 28.8 Å². The summed E-state index contributed by atoms with van der Waals surface area (Å²) in [6, 6.07) is 7.35. The molecular weight excluding hydrogens is 322 g/mol. The zero-order valence-electron chi connectivity index (χ0n) is 13.9. The lowest BCUT2D eigenvalue weighted by atomic mass is 10.1. The molecule has 1 saturated heterocycles. The molecule has 4 rings (SSSR count). The van der Waals surface area contributed by atoms with Gasteiger partial charge in [0.25, 0.3) is 0 Å². The molecule has 2 aromatic rings. The van der Waals surface area contributed by atoms with Gasteiger partial charge in [-0.15, -0.1) is 0 Å². The second-order valence-electron chi connectivity index (χ2n) is 6.45. The van der Waals surface area contributed by atoms with Crippen LogP contribution in [0.25, 0.3) is 0 Å². The maximum atomic E-state index is 12.8. The van der Waals surface area contributed by atoms with Crippen LogP contribution in [0, 0.1) is 6.92 Å². The Balaban J connectivity index is 1.44. The first-order valence-electron chi connectivity index (χ1n) is 8.32. The Kier molecular flexibility index (Phi) is 3.96. The minimum Gasteiger partial charge on any atom is -0.339 e. The van der Waals surface area contributed by atoms with Gasteiger partial charge in [-0.25, -0.2) is 0 Å². The maximum Gasteiger partial charge on any atom is 0.244 e. The van der Waals surface area contributed by atoms with Crippen LogP contribution >= 0.6 is 0 Å². The molecule has 8 heteroatoms. The van der Waals surface area contributed by atoms with Crippen LogP contribution in [0.5, 0.6) is 0 Å². The summed E-state index contributed by atoms with van der Waals surface area (Å²) in [6.45, 7) is 3.61. The van der Waals surface area contributed by atoms with Crippen LogP contribution < -0.4 is 10.2 Å². The van der Waals surface area contributed by atoms with Crippen molar-refractivity contribution in [1.82, 2.24) is 15.0 Å². The molecule has 8 nitrogen and oxygen atoms in total. The van der Waals surface area contributed by atoms with Crippen LogP contribution in [0.4, 0.5) is 11.4 Å². The Bertz CT molecular complexity index is 818. The minimum absolute atomic E-state index is 0.0516. The number of aryl methyl sites for hydroxylation is 1. The lowest BCUT2D eigenvalue weighted by Gasteiger charge is -2.30. The molecule has 2 amide bonds. The molecule has 0 spiro atoms. The van der Waals surface area contributed by atoms with E-state index in [1.54, 1.807) is 17.9 Å². The van der Waals surface area contributed by atoms with E-state index >= 15 is 0 Å². The van der Waals surface area contributed by atoms with Gasteiger partial charge in [0.05, 0.1) is 23.8 Å². The molecule has 2 aliphatic heterocycles. The average molecular weight is 341 g/mol. The van der Waals surface area contributed by atoms with Crippen LogP contribution in [0.2, 0.25) is 0 Å². The van der Waals surface area contributed by atoms with E-state index in [0.717, 1.165) is 18.7 Å². The van der Waals surface area contributed by atoms with Gasteiger partial charge in [0.15, 0.2) is 5.82 Å². The molecule has 1 aromatic heterocycles. The highest BCUT2D eigenvalue weighted by Crippen LogP contribution is 2.30. The molecule has 3 heterocycles. The number of benzene rings is 1. The SMILES string of the molecule is Cc1noc([C@@H]2CCN(CC(=O)N3CC(=O)Nc4ccccc43)C2)n1. The van der Waals surface area contributed by atoms with E-state index in [1.165, 1.54) is 0 Å². The number of rotatable bonds is 3. The predicted octanol–water partition coefficient (Wildman–Crippen LogP) is 1.15. The van der Waals surface area contributed by atoms with Gasteiger partial charge in [0, 0.05) is 6.54 Å². The van der Waals surface area contributed by atoms with Crippen LogP contribution in [0.1, 0.15) is 24.1 Å². The van der Waals surface area contributed by atoms with E-state index in [4.69, 9.17) is 4.52 Å². The summed E-state index contributed by atoms with van der Waals surface area (Å²) in [5, 5.41) is 6.62. The summed E-state index contributed by atoms with van der Waals surface area (Å²) in [6.07, 6.45) is 0.881. The van der Waals surface area contributed by atoms with Crippen molar-refractivity contribution in [2.45, 2.75) is 19.3 Å². The fraction of sp³-hybridized carbons (Fsp3) is 0.412. The van der Waals surface area contributed by atoms with Crippen molar-refractivity contribution < 1.29 is 14.1 Å². The van der Waals surface area contributed by atoms with E-state index < -0.39 is 0 Å². The lowest BCUT2D eigenvalue weighted by Crippen LogP contribution is -2.46. The molecule has 1 fully saturated rings. The highest BCUT2D eigenvalue weighted by molar-refractivity contribution is 6.10. The summed E-state index contributed by atoms with van der Waals surface area (Å²) in [4.78, 5) is 32.5. The van der Waals surface area contributed by atoms with E-state index in [0.29, 0.717) is 23.9 Å². The highest BCUT2D eigenvalue weighted by atomic mass is 16.5. The van der Waals surface area contributed by atoms with Crippen LogP contribution in [-0.4, -0.2) is 53.0 Å². The number of carbonyl (C=O) groups is 2. The van der Waals surface area contributed by atoms with Gasteiger partial charge >= 0.3 is 0 Å². The Labute approximate surface area is 144 Å². The van der Waals surface area contributed by atoms with Gasteiger partial charge in [0.1, 0.15) is 6.54 Å². The summed E-state index contributed by atoms with van der Waals surface area (Å²) in [7, 11) is 0. The zero-order chi connectivity index (χ0) is 17.4.